The zero-order chi connectivity index (χ0) is 32.4. The van der Waals surface area contributed by atoms with Crippen LogP contribution in [-0.2, 0) is 32.6 Å². The molecule has 0 heterocycles. The van der Waals surface area contributed by atoms with Gasteiger partial charge in [0.05, 0.1) is 10.6 Å². The molecule has 0 bridgehead atoms. The maximum Gasteiger partial charge on any atom is 0.264 e. The number of benzene rings is 4. The Morgan fingerprint density at radius 1 is 0.867 bits per heavy atom. The van der Waals surface area contributed by atoms with Crippen LogP contribution in [0, 0.1) is 6.92 Å². The summed E-state index contributed by atoms with van der Waals surface area (Å²) in [5, 5.41) is 3.40. The quantitative estimate of drug-likeness (QED) is 0.141. The molecule has 0 aliphatic carbocycles. The molecule has 0 saturated carbocycles. The van der Waals surface area contributed by atoms with Crippen LogP contribution in [0.1, 0.15) is 36.5 Å². The van der Waals surface area contributed by atoms with Crippen molar-refractivity contribution in [2.24, 2.45) is 0 Å². The first-order valence-electron chi connectivity index (χ1n) is 14.8. The van der Waals surface area contributed by atoms with Crippen LogP contribution in [0.5, 0.6) is 0 Å². The van der Waals surface area contributed by atoms with Crippen molar-refractivity contribution < 1.29 is 18.0 Å². The van der Waals surface area contributed by atoms with E-state index in [9.17, 15) is 18.0 Å². The summed E-state index contributed by atoms with van der Waals surface area (Å²) in [7, 11) is -4.19. The highest BCUT2D eigenvalue weighted by Gasteiger charge is 2.34. The summed E-state index contributed by atoms with van der Waals surface area (Å²) >= 11 is 9.51. The van der Waals surface area contributed by atoms with Gasteiger partial charge >= 0.3 is 0 Å². The lowest BCUT2D eigenvalue weighted by molar-refractivity contribution is -0.140. The van der Waals surface area contributed by atoms with Gasteiger partial charge < -0.3 is 10.2 Å². The van der Waals surface area contributed by atoms with Gasteiger partial charge in [-0.2, -0.15) is 0 Å². The summed E-state index contributed by atoms with van der Waals surface area (Å²) in [6.07, 6.45) is 1.96. The number of aryl methyl sites for hydroxylation is 1. The fourth-order valence-corrected chi connectivity index (χ4v) is 6.62. The second-order valence-electron chi connectivity index (χ2n) is 10.8. The van der Waals surface area contributed by atoms with Crippen molar-refractivity contribution in [1.29, 1.82) is 0 Å². The number of amides is 2. The minimum atomic E-state index is -4.19. The first-order valence-corrected chi connectivity index (χ1v) is 17.4. The summed E-state index contributed by atoms with van der Waals surface area (Å²) in [5.41, 5.74) is 2.95. The highest BCUT2D eigenvalue weighted by atomic mass is 79.9. The largest absolute Gasteiger partial charge is 0.354 e. The van der Waals surface area contributed by atoms with Gasteiger partial charge in [-0.1, -0.05) is 101 Å². The number of anilines is 1. The number of hydrogen-bond acceptors (Lipinski definition) is 4. The van der Waals surface area contributed by atoms with Gasteiger partial charge in [-0.25, -0.2) is 8.42 Å². The second kappa shape index (κ2) is 16.1. The Bertz CT molecular complexity index is 1670. The molecular formula is C35H37BrClN3O4S. The highest BCUT2D eigenvalue weighted by Crippen LogP contribution is 2.26. The van der Waals surface area contributed by atoms with Gasteiger partial charge in [-0.15, -0.1) is 0 Å². The second-order valence-corrected chi connectivity index (χ2v) is 14.0. The molecule has 0 radical (unpaired) electrons. The van der Waals surface area contributed by atoms with E-state index in [4.69, 9.17) is 11.6 Å². The lowest BCUT2D eigenvalue weighted by Crippen LogP contribution is -2.53. The standard InChI is InChI=1S/C35H37BrClN3O4S/c1-3-4-22-38-35(42)33(23-27-8-6-5-7-9-27)39(24-28-12-14-29(36)15-13-28)34(41)25-40(31-18-10-26(2)11-19-31)45(43,44)32-20-16-30(37)17-21-32/h5-21,33H,3-4,22-25H2,1-2H3,(H,38,42)/t33-/m1/s1. The lowest BCUT2D eigenvalue weighted by Gasteiger charge is -2.34. The summed E-state index contributed by atoms with van der Waals surface area (Å²) < 4.78 is 30.1. The van der Waals surface area contributed by atoms with Crippen molar-refractivity contribution in [3.8, 4) is 0 Å². The fraction of sp³-hybridized carbons (Fsp3) is 0.257. The Morgan fingerprint density at radius 2 is 1.51 bits per heavy atom. The maximum absolute atomic E-state index is 14.5. The minimum Gasteiger partial charge on any atom is -0.354 e. The van der Waals surface area contributed by atoms with E-state index < -0.39 is 28.5 Å². The van der Waals surface area contributed by atoms with Crippen LogP contribution in [0.3, 0.4) is 0 Å². The van der Waals surface area contributed by atoms with Crippen LogP contribution in [-0.4, -0.2) is 44.3 Å². The van der Waals surface area contributed by atoms with E-state index in [1.807, 2.05) is 68.4 Å². The summed E-state index contributed by atoms with van der Waals surface area (Å²) in [6.45, 7) is 4.00. The average Bonchev–Trinajstić information content (AvgIpc) is 3.03. The van der Waals surface area contributed by atoms with Crippen molar-refractivity contribution in [1.82, 2.24) is 10.2 Å². The molecule has 1 atom stereocenters. The van der Waals surface area contributed by atoms with Crippen LogP contribution < -0.4 is 9.62 Å². The fourth-order valence-electron chi connectivity index (χ4n) is 4.82. The monoisotopic (exact) mass is 709 g/mol. The Labute approximate surface area is 279 Å². The molecule has 10 heteroatoms. The van der Waals surface area contributed by atoms with Gasteiger partial charge in [0.15, 0.2) is 0 Å². The van der Waals surface area contributed by atoms with Crippen LogP contribution in [0.25, 0.3) is 0 Å². The Hall–Kier alpha value is -3.66. The van der Waals surface area contributed by atoms with E-state index in [-0.39, 0.29) is 23.8 Å². The smallest absolute Gasteiger partial charge is 0.264 e. The van der Waals surface area contributed by atoms with Crippen LogP contribution in [0.2, 0.25) is 5.02 Å². The van der Waals surface area contributed by atoms with E-state index in [0.29, 0.717) is 17.3 Å². The number of carbonyl (C=O) groups is 2. The third-order valence-electron chi connectivity index (χ3n) is 7.37. The molecule has 0 aliphatic heterocycles. The summed E-state index contributed by atoms with van der Waals surface area (Å²) in [6, 6.07) is 28.9. The van der Waals surface area contributed by atoms with Gasteiger partial charge in [0.1, 0.15) is 12.6 Å². The molecule has 7 nitrogen and oxygen atoms in total. The molecule has 0 saturated heterocycles. The molecule has 0 unspecified atom stereocenters. The molecule has 2 amide bonds. The number of nitrogens with zero attached hydrogens (tertiary/aromatic N) is 2. The number of rotatable bonds is 14. The summed E-state index contributed by atoms with van der Waals surface area (Å²) in [4.78, 5) is 29.8. The SMILES string of the molecule is CCCCNC(=O)[C@@H](Cc1ccccc1)N(Cc1ccc(Br)cc1)C(=O)CN(c1ccc(C)cc1)S(=O)(=O)c1ccc(Cl)cc1. The molecule has 0 fully saturated rings. The number of halogens is 2. The normalized spacial score (nSPS) is 11.9. The van der Waals surface area contributed by atoms with Gasteiger partial charge in [0.2, 0.25) is 11.8 Å². The molecule has 4 aromatic rings. The third kappa shape index (κ3) is 9.42. The number of carbonyl (C=O) groups excluding carboxylic acids is 2. The molecule has 4 aromatic carbocycles. The van der Waals surface area contributed by atoms with Gasteiger partial charge in [0.25, 0.3) is 10.0 Å². The lowest BCUT2D eigenvalue weighted by atomic mass is 10.0. The van der Waals surface area contributed by atoms with Gasteiger partial charge in [-0.05, 0) is 73.0 Å². The van der Waals surface area contributed by atoms with E-state index in [1.54, 1.807) is 24.3 Å². The molecule has 0 spiro atoms. The zero-order valence-electron chi connectivity index (χ0n) is 25.3. The number of unbranched alkanes of at least 4 members (excludes halogenated alkanes) is 1. The number of hydrogen-bond donors (Lipinski definition) is 1. The Morgan fingerprint density at radius 3 is 2.13 bits per heavy atom. The highest BCUT2D eigenvalue weighted by molar-refractivity contribution is 9.10. The van der Waals surface area contributed by atoms with Crippen molar-refractivity contribution in [3.63, 3.8) is 0 Å². The van der Waals surface area contributed by atoms with Gasteiger partial charge in [-0.3, -0.25) is 13.9 Å². The van der Waals surface area contributed by atoms with Crippen molar-refractivity contribution in [2.75, 3.05) is 17.4 Å². The Balaban J connectivity index is 1.78. The first-order chi connectivity index (χ1) is 21.6. The molecule has 0 aromatic heterocycles. The van der Waals surface area contributed by atoms with Crippen LogP contribution in [0.4, 0.5) is 5.69 Å². The number of sulfonamides is 1. The van der Waals surface area contributed by atoms with Crippen molar-refractivity contribution >= 4 is 55.1 Å². The van der Waals surface area contributed by atoms with E-state index in [0.717, 1.165) is 38.3 Å². The maximum atomic E-state index is 14.5. The summed E-state index contributed by atoms with van der Waals surface area (Å²) in [5.74, 6) is -0.803. The van der Waals surface area contributed by atoms with Gasteiger partial charge in [0, 0.05) is 29.0 Å². The molecule has 1 N–H and O–H groups in total. The predicted molar refractivity (Wildman–Crippen MR) is 184 cm³/mol. The topological polar surface area (TPSA) is 86.8 Å². The molecular weight excluding hydrogens is 674 g/mol. The molecule has 45 heavy (non-hydrogen) atoms. The van der Waals surface area contributed by atoms with E-state index in [1.165, 1.54) is 29.2 Å². The van der Waals surface area contributed by atoms with E-state index in [2.05, 4.69) is 21.2 Å². The average molecular weight is 711 g/mol. The Kier molecular flexibility index (Phi) is 12.2. The van der Waals surface area contributed by atoms with Crippen molar-refractivity contribution in [3.05, 3.63) is 129 Å². The van der Waals surface area contributed by atoms with Crippen molar-refractivity contribution in [2.45, 2.75) is 50.6 Å². The molecule has 0 aliphatic rings. The molecule has 4 rings (SSSR count). The molecule has 236 valence electrons. The number of nitrogens with one attached hydrogen (secondary N) is 1. The first kappa shape index (κ1) is 34.2. The van der Waals surface area contributed by atoms with Crippen LogP contribution >= 0.6 is 27.5 Å². The van der Waals surface area contributed by atoms with Crippen LogP contribution in [0.15, 0.2) is 112 Å². The minimum absolute atomic E-state index is 0.00196. The zero-order valence-corrected chi connectivity index (χ0v) is 28.5. The van der Waals surface area contributed by atoms with E-state index >= 15 is 0 Å². The third-order valence-corrected chi connectivity index (χ3v) is 9.94. The predicted octanol–water partition coefficient (Wildman–Crippen LogP) is 7.16.